The number of aromatic nitrogens is 2. The Morgan fingerprint density at radius 1 is 0.807 bits per heavy atom. The van der Waals surface area contributed by atoms with Gasteiger partial charge in [0.1, 0.15) is 52.4 Å². The third-order valence-corrected chi connectivity index (χ3v) is 11.3. The Morgan fingerprint density at radius 3 is 1.89 bits per heavy atom. The van der Waals surface area contributed by atoms with Crippen molar-refractivity contribution >= 4 is 103 Å². The summed E-state index contributed by atoms with van der Waals surface area (Å²) in [4.78, 5) is 2.06. The molecule has 0 saturated carbocycles. The topological polar surface area (TPSA) is 339 Å². The van der Waals surface area contributed by atoms with Crippen molar-refractivity contribution in [1.82, 2.24) is 9.97 Å². The van der Waals surface area contributed by atoms with E-state index >= 15 is 0 Å². The summed E-state index contributed by atoms with van der Waals surface area (Å²) in [7, 11) is -20.5. The second-order valence-corrected chi connectivity index (χ2v) is 16.8. The third-order valence-electron chi connectivity index (χ3n) is 7.04. The molecule has 1 aromatic heterocycles. The summed E-state index contributed by atoms with van der Waals surface area (Å²) < 4.78 is 161. The fraction of sp³-hybridized carbons (Fsp3) is 0. The number of phenols is 1. The Labute approximate surface area is 361 Å². The van der Waals surface area contributed by atoms with Crippen molar-refractivity contribution in [3.8, 4) is 5.75 Å². The largest absolute Gasteiger partial charge is 1.00 e. The Balaban J connectivity index is 0.00000387. The van der Waals surface area contributed by atoms with Crippen molar-refractivity contribution < 1.29 is 111 Å². The fourth-order valence-corrected chi connectivity index (χ4v) is 7.34. The predicted molar refractivity (Wildman–Crippen MR) is 184 cm³/mol. The van der Waals surface area contributed by atoms with Gasteiger partial charge in [0.05, 0.1) is 36.3 Å². The predicted octanol–water partition coefficient (Wildman–Crippen LogP) is -0.826. The van der Waals surface area contributed by atoms with Gasteiger partial charge in [0.15, 0.2) is 21.4 Å². The zero-order chi connectivity index (χ0) is 40.8. The second kappa shape index (κ2) is 17.5. The van der Waals surface area contributed by atoms with Gasteiger partial charge >= 0.3 is 55.9 Å². The molecule has 0 aliphatic heterocycles. The van der Waals surface area contributed by atoms with Gasteiger partial charge in [-0.05, 0) is 60.0 Å². The molecule has 29 heteroatoms. The van der Waals surface area contributed by atoms with Gasteiger partial charge in [-0.15, -0.1) is 15.3 Å². The van der Waals surface area contributed by atoms with Crippen LogP contribution in [0, 0.1) is 12.0 Å². The summed E-state index contributed by atoms with van der Waals surface area (Å²) in [5, 5.41) is 26.5. The fourth-order valence-electron chi connectivity index (χ4n) is 4.60. The number of benzene rings is 4. The van der Waals surface area contributed by atoms with Crippen LogP contribution < -0.4 is 59.5 Å². The number of anilines is 3. The zero-order valence-electron chi connectivity index (χ0n) is 29.4. The average Bonchev–Trinajstić information content (AvgIpc) is 3.08. The van der Waals surface area contributed by atoms with E-state index in [0.717, 1.165) is 36.4 Å². The van der Waals surface area contributed by atoms with Crippen LogP contribution >= 0.6 is 11.6 Å². The molecule has 0 spiro atoms. The number of hydrogen-bond acceptors (Lipinski definition) is 20. The van der Waals surface area contributed by atoms with Gasteiger partial charge in [0.25, 0.3) is 0 Å². The standard InChI is InChI=1S/C28H19ClF2N8O12S4.Li.Na/c1-2-52(41,42)15-6-3-13(4-7-15)36-38-23-18(54(46,47)48)9-12-10-19(55(49,50)51)24(25(40)20(12)22(23)32)39-37-16-11-14(5-8-17(16)53(43,44)45)33-27-21(29)26(30)34-28(31)35-27;;/h2-11,40H,1,32H2,(H,33,34,35)(H,43,44,45)(H,46,47,48)(H,49,50,51);;/q;2*+1/p-2. The first-order chi connectivity index (χ1) is 25.4. The molecule has 1 heterocycles. The van der Waals surface area contributed by atoms with Gasteiger partial charge in [-0.2, -0.15) is 23.9 Å². The number of nitrogens with one attached hydrogen (secondary N) is 1. The van der Waals surface area contributed by atoms with E-state index in [9.17, 15) is 61.2 Å². The molecule has 0 aliphatic rings. The average molecular weight is 889 g/mol. The number of nitrogen functional groups attached to an aromatic ring is 1. The van der Waals surface area contributed by atoms with E-state index in [1.807, 2.05) is 0 Å². The number of nitrogens with zero attached hydrogens (tertiary/aromatic N) is 6. The van der Waals surface area contributed by atoms with Crippen LogP contribution in [0.2, 0.25) is 5.02 Å². The first-order valence-corrected chi connectivity index (χ1v) is 20.2. The van der Waals surface area contributed by atoms with Crippen LogP contribution in [0.5, 0.6) is 5.75 Å². The summed E-state index contributed by atoms with van der Waals surface area (Å²) in [6.45, 7) is 3.19. The molecule has 0 unspecified atom stereocenters. The minimum Gasteiger partial charge on any atom is -0.744 e. The summed E-state index contributed by atoms with van der Waals surface area (Å²) in [5.41, 5.74) is 1.76. The molecule has 5 rings (SSSR count). The van der Waals surface area contributed by atoms with E-state index in [2.05, 4.69) is 42.3 Å². The number of nitrogens with two attached hydrogens (primary N) is 1. The number of rotatable bonds is 11. The minimum absolute atomic E-state index is 0. The maximum absolute atomic E-state index is 13.8. The number of fused-ring (bicyclic) bond motifs is 1. The Kier molecular flexibility index (Phi) is 14.5. The van der Waals surface area contributed by atoms with E-state index < -0.39 is 117 Å². The summed E-state index contributed by atoms with van der Waals surface area (Å²) >= 11 is 5.73. The van der Waals surface area contributed by atoms with Crippen molar-refractivity contribution in [2.75, 3.05) is 11.1 Å². The number of aromatic hydroxyl groups is 1. The normalized spacial score (nSPS) is 12.4. The molecule has 0 saturated heterocycles. The van der Waals surface area contributed by atoms with Crippen molar-refractivity contribution in [1.29, 1.82) is 0 Å². The minimum atomic E-state index is -5.70. The van der Waals surface area contributed by atoms with Crippen LogP contribution in [0.1, 0.15) is 1.43 Å². The number of halogens is 3. The number of azo groups is 2. The van der Waals surface area contributed by atoms with Crippen LogP contribution in [-0.2, 0) is 40.2 Å². The van der Waals surface area contributed by atoms with E-state index in [0.29, 0.717) is 23.6 Å². The molecule has 0 bridgehead atoms. The summed E-state index contributed by atoms with van der Waals surface area (Å²) in [6, 6.07) is 7.64. The molecule has 0 fully saturated rings. The summed E-state index contributed by atoms with van der Waals surface area (Å²) in [6.07, 6.45) is -1.57. The SMILES string of the molecule is C=CS(=O)(=O)c1ccc(N=Nc2c(S(=O)(=O)[O-])cc3cc(S(=O)(=O)[O-])c(N=Nc4cc(Nc5nc(F)nc(F)c5Cl)ccc4S(=O)(=O)[O-])c(O)c3c2N)cc1.[H+].[Li+].[Na+]. The first-order valence-electron chi connectivity index (χ1n) is 14.0. The van der Waals surface area contributed by atoms with Gasteiger partial charge in [-0.3, -0.25) is 0 Å². The van der Waals surface area contributed by atoms with Crippen LogP contribution in [0.3, 0.4) is 0 Å². The maximum atomic E-state index is 13.8. The Morgan fingerprint density at radius 2 is 1.35 bits per heavy atom. The van der Waals surface area contributed by atoms with E-state index in [1.54, 1.807) is 0 Å². The Bertz CT molecular complexity index is 2990. The third kappa shape index (κ3) is 10.4. The van der Waals surface area contributed by atoms with Crippen molar-refractivity contribution in [3.63, 3.8) is 0 Å². The smallest absolute Gasteiger partial charge is 0.744 e. The Hall–Kier alpha value is -4.01. The number of phenolic OH excluding ortho intramolecular Hbond substituents is 1. The van der Waals surface area contributed by atoms with Crippen molar-refractivity contribution in [2.45, 2.75) is 19.6 Å². The van der Waals surface area contributed by atoms with Gasteiger partial charge in [-0.25, -0.2) is 33.7 Å². The monoisotopic (exact) mass is 888 g/mol. The molecule has 4 aromatic carbocycles. The second-order valence-electron chi connectivity index (χ2n) is 10.5. The zero-order valence-corrected chi connectivity index (χ0v) is 34.5. The maximum Gasteiger partial charge on any atom is 1.00 e. The quantitative estimate of drug-likeness (QED) is 0.0364. The number of hydrogen-bond donors (Lipinski definition) is 3. The molecular weight excluding hydrogens is 872 g/mol. The van der Waals surface area contributed by atoms with Gasteiger partial charge in [0.2, 0.25) is 5.95 Å². The molecule has 0 radical (unpaired) electrons. The van der Waals surface area contributed by atoms with E-state index in [1.165, 1.54) is 0 Å². The molecule has 288 valence electrons. The van der Waals surface area contributed by atoms with Crippen LogP contribution in [-0.4, -0.2) is 62.4 Å². The van der Waals surface area contributed by atoms with Crippen LogP contribution in [0.15, 0.2) is 107 Å². The molecular formula is C28H17ClF2LiN8NaO12S4. The van der Waals surface area contributed by atoms with Crippen LogP contribution in [0.25, 0.3) is 10.8 Å². The molecule has 0 aliphatic carbocycles. The molecule has 0 amide bonds. The van der Waals surface area contributed by atoms with Gasteiger partial charge in [-0.1, -0.05) is 18.2 Å². The van der Waals surface area contributed by atoms with E-state index in [4.69, 9.17) is 17.3 Å². The first kappa shape index (κ1) is 47.4. The van der Waals surface area contributed by atoms with Crippen LogP contribution in [0.4, 0.5) is 48.7 Å². The van der Waals surface area contributed by atoms with Crippen molar-refractivity contribution in [3.05, 3.63) is 83.6 Å². The molecule has 57 heavy (non-hydrogen) atoms. The molecule has 20 nitrogen and oxygen atoms in total. The van der Waals surface area contributed by atoms with Gasteiger partial charge < -0.3 is 29.8 Å². The van der Waals surface area contributed by atoms with Gasteiger partial charge in [0, 0.05) is 11.1 Å². The van der Waals surface area contributed by atoms with E-state index in [-0.39, 0.29) is 66.1 Å². The molecule has 0 atom stereocenters. The molecule has 5 aromatic rings. The number of sulfone groups is 1. The summed E-state index contributed by atoms with van der Waals surface area (Å²) in [5.74, 6) is -3.49. The van der Waals surface area contributed by atoms with Crippen molar-refractivity contribution in [2.24, 2.45) is 20.5 Å². The molecule has 4 N–H and O–H groups in total.